The maximum Gasteiger partial charge on any atom is 0.238 e. The topological polar surface area (TPSA) is 44.4 Å². The van der Waals surface area contributed by atoms with Gasteiger partial charge in [-0.2, -0.15) is 0 Å². The summed E-state index contributed by atoms with van der Waals surface area (Å²) in [5, 5.41) is 6.37. The second-order valence-corrected chi connectivity index (χ2v) is 6.41. The molecule has 0 saturated carbocycles. The number of carbonyl (C=O) groups excluding carboxylic acids is 1. The Morgan fingerprint density at radius 2 is 2.05 bits per heavy atom. The van der Waals surface area contributed by atoms with Crippen molar-refractivity contribution < 1.29 is 4.79 Å². The summed E-state index contributed by atoms with van der Waals surface area (Å²) in [6.45, 7) is 9.75. The van der Waals surface area contributed by atoms with Crippen LogP contribution in [0.1, 0.15) is 32.8 Å². The predicted octanol–water partition coefficient (Wildman–Crippen LogP) is 2.26. The lowest BCUT2D eigenvalue weighted by molar-refractivity contribution is -0.119. The van der Waals surface area contributed by atoms with Crippen LogP contribution in [0.25, 0.3) is 0 Å². The van der Waals surface area contributed by atoms with Crippen molar-refractivity contribution in [2.24, 2.45) is 0 Å². The molecule has 2 rings (SSSR count). The smallest absolute Gasteiger partial charge is 0.238 e. The van der Waals surface area contributed by atoms with Gasteiger partial charge in [-0.3, -0.25) is 9.69 Å². The van der Waals surface area contributed by atoms with E-state index in [0.717, 1.165) is 38.2 Å². The van der Waals surface area contributed by atoms with E-state index in [2.05, 4.69) is 48.4 Å². The van der Waals surface area contributed by atoms with Crippen molar-refractivity contribution >= 4 is 11.6 Å². The van der Waals surface area contributed by atoms with Crippen LogP contribution in [0.3, 0.4) is 0 Å². The fourth-order valence-corrected chi connectivity index (χ4v) is 2.73. The van der Waals surface area contributed by atoms with Crippen LogP contribution in [-0.4, -0.2) is 42.5 Å². The molecule has 4 nitrogen and oxygen atoms in total. The van der Waals surface area contributed by atoms with E-state index in [-0.39, 0.29) is 11.4 Å². The SMILES string of the molecule is CCCc1ccc(NC(=O)CN2CCNCC2(C)C)cc1. The van der Waals surface area contributed by atoms with Gasteiger partial charge in [0.15, 0.2) is 0 Å². The Morgan fingerprint density at radius 1 is 1.33 bits per heavy atom. The van der Waals surface area contributed by atoms with Gasteiger partial charge in [0, 0.05) is 30.9 Å². The summed E-state index contributed by atoms with van der Waals surface area (Å²) in [4.78, 5) is 14.4. The maximum absolute atomic E-state index is 12.2. The van der Waals surface area contributed by atoms with Gasteiger partial charge in [-0.05, 0) is 38.0 Å². The Morgan fingerprint density at radius 3 is 2.67 bits per heavy atom. The van der Waals surface area contributed by atoms with Crippen LogP contribution in [0.2, 0.25) is 0 Å². The maximum atomic E-state index is 12.2. The third-order valence-corrected chi connectivity index (χ3v) is 4.08. The molecule has 0 aliphatic carbocycles. The number of hydrogen-bond acceptors (Lipinski definition) is 3. The molecule has 1 aromatic rings. The number of nitrogens with zero attached hydrogens (tertiary/aromatic N) is 1. The van der Waals surface area contributed by atoms with Gasteiger partial charge in [0.2, 0.25) is 5.91 Å². The molecule has 1 heterocycles. The highest BCUT2D eigenvalue weighted by molar-refractivity contribution is 5.92. The van der Waals surface area contributed by atoms with E-state index < -0.39 is 0 Å². The minimum Gasteiger partial charge on any atom is -0.325 e. The highest BCUT2D eigenvalue weighted by Crippen LogP contribution is 2.16. The Hall–Kier alpha value is -1.39. The summed E-state index contributed by atoms with van der Waals surface area (Å²) >= 11 is 0. The van der Waals surface area contributed by atoms with Gasteiger partial charge in [-0.1, -0.05) is 25.5 Å². The second-order valence-electron chi connectivity index (χ2n) is 6.41. The Labute approximate surface area is 127 Å². The van der Waals surface area contributed by atoms with Crippen molar-refractivity contribution in [1.29, 1.82) is 0 Å². The van der Waals surface area contributed by atoms with Crippen LogP contribution in [-0.2, 0) is 11.2 Å². The normalized spacial score (nSPS) is 18.4. The van der Waals surface area contributed by atoms with E-state index in [1.165, 1.54) is 5.56 Å². The largest absolute Gasteiger partial charge is 0.325 e. The lowest BCUT2D eigenvalue weighted by Crippen LogP contribution is -2.59. The predicted molar refractivity (Wildman–Crippen MR) is 87.6 cm³/mol. The summed E-state index contributed by atoms with van der Waals surface area (Å²) in [5.41, 5.74) is 2.23. The number of rotatable bonds is 5. The lowest BCUT2D eigenvalue weighted by atomic mass is 10.0. The minimum atomic E-state index is 0.0283. The Kier molecular flexibility index (Phi) is 5.37. The molecule has 1 amide bonds. The molecule has 0 atom stereocenters. The van der Waals surface area contributed by atoms with Gasteiger partial charge in [0.25, 0.3) is 0 Å². The molecule has 21 heavy (non-hydrogen) atoms. The zero-order valence-electron chi connectivity index (χ0n) is 13.4. The molecule has 0 radical (unpaired) electrons. The number of piperazine rings is 1. The van der Waals surface area contributed by atoms with Crippen molar-refractivity contribution in [3.8, 4) is 0 Å². The van der Waals surface area contributed by atoms with Gasteiger partial charge in [0.05, 0.1) is 6.54 Å². The summed E-state index contributed by atoms with van der Waals surface area (Å²) in [7, 11) is 0. The zero-order chi connectivity index (χ0) is 15.3. The average molecular weight is 289 g/mol. The van der Waals surface area contributed by atoms with E-state index in [4.69, 9.17) is 0 Å². The minimum absolute atomic E-state index is 0.0283. The van der Waals surface area contributed by atoms with E-state index in [9.17, 15) is 4.79 Å². The highest BCUT2D eigenvalue weighted by Gasteiger charge is 2.30. The van der Waals surface area contributed by atoms with Crippen LogP contribution in [0.5, 0.6) is 0 Å². The van der Waals surface area contributed by atoms with Crippen LogP contribution in [0.4, 0.5) is 5.69 Å². The number of carbonyl (C=O) groups is 1. The van der Waals surface area contributed by atoms with Crippen molar-refractivity contribution in [3.63, 3.8) is 0 Å². The van der Waals surface area contributed by atoms with Gasteiger partial charge in [-0.25, -0.2) is 0 Å². The quantitative estimate of drug-likeness (QED) is 0.874. The Bertz CT molecular complexity index is 467. The average Bonchev–Trinajstić information content (AvgIpc) is 2.44. The van der Waals surface area contributed by atoms with E-state index in [1.54, 1.807) is 0 Å². The molecule has 1 fully saturated rings. The second kappa shape index (κ2) is 7.05. The van der Waals surface area contributed by atoms with E-state index in [0.29, 0.717) is 6.54 Å². The van der Waals surface area contributed by atoms with Crippen molar-refractivity contribution in [2.45, 2.75) is 39.2 Å². The van der Waals surface area contributed by atoms with Gasteiger partial charge < -0.3 is 10.6 Å². The summed E-state index contributed by atoms with van der Waals surface area (Å²) in [6, 6.07) is 8.17. The molecule has 0 bridgehead atoms. The molecule has 116 valence electrons. The molecular weight excluding hydrogens is 262 g/mol. The first kappa shape index (κ1) is 16.0. The molecule has 0 spiro atoms. The van der Waals surface area contributed by atoms with Crippen LogP contribution >= 0.6 is 0 Å². The molecular formula is C17H27N3O. The number of anilines is 1. The molecule has 1 aliphatic rings. The van der Waals surface area contributed by atoms with Crippen molar-refractivity contribution in [3.05, 3.63) is 29.8 Å². The highest BCUT2D eigenvalue weighted by atomic mass is 16.2. The number of aryl methyl sites for hydroxylation is 1. The first-order chi connectivity index (χ1) is 10.0. The van der Waals surface area contributed by atoms with Crippen LogP contribution < -0.4 is 10.6 Å². The first-order valence-corrected chi connectivity index (χ1v) is 7.86. The fraction of sp³-hybridized carbons (Fsp3) is 0.588. The molecule has 1 saturated heterocycles. The Balaban J connectivity index is 1.89. The first-order valence-electron chi connectivity index (χ1n) is 7.86. The van der Waals surface area contributed by atoms with Crippen LogP contribution in [0, 0.1) is 0 Å². The number of amides is 1. The summed E-state index contributed by atoms with van der Waals surface area (Å²) in [6.07, 6.45) is 2.23. The fourth-order valence-electron chi connectivity index (χ4n) is 2.73. The molecule has 1 aromatic carbocycles. The zero-order valence-corrected chi connectivity index (χ0v) is 13.4. The molecule has 0 aromatic heterocycles. The molecule has 1 aliphatic heterocycles. The number of hydrogen-bond donors (Lipinski definition) is 2. The molecule has 0 unspecified atom stereocenters. The lowest BCUT2D eigenvalue weighted by Gasteiger charge is -2.42. The molecule has 2 N–H and O–H groups in total. The van der Waals surface area contributed by atoms with Crippen molar-refractivity contribution in [2.75, 3.05) is 31.5 Å². The molecule has 4 heteroatoms. The number of benzene rings is 1. The summed E-state index contributed by atoms with van der Waals surface area (Å²) < 4.78 is 0. The standard InChI is InChI=1S/C17H27N3O/c1-4-5-14-6-8-15(9-7-14)19-16(21)12-20-11-10-18-13-17(20,2)3/h6-9,18H,4-5,10-13H2,1-3H3,(H,19,21). The third-order valence-electron chi connectivity index (χ3n) is 4.08. The van der Waals surface area contributed by atoms with E-state index >= 15 is 0 Å². The van der Waals surface area contributed by atoms with Gasteiger partial charge >= 0.3 is 0 Å². The summed E-state index contributed by atoms with van der Waals surface area (Å²) in [5.74, 6) is 0.0632. The van der Waals surface area contributed by atoms with Gasteiger partial charge in [0.1, 0.15) is 0 Å². The van der Waals surface area contributed by atoms with Crippen molar-refractivity contribution in [1.82, 2.24) is 10.2 Å². The third kappa shape index (κ3) is 4.55. The monoisotopic (exact) mass is 289 g/mol. The number of nitrogens with one attached hydrogen (secondary N) is 2. The van der Waals surface area contributed by atoms with Gasteiger partial charge in [-0.15, -0.1) is 0 Å². The van der Waals surface area contributed by atoms with Crippen LogP contribution in [0.15, 0.2) is 24.3 Å². The van der Waals surface area contributed by atoms with E-state index in [1.807, 2.05) is 12.1 Å².